The minimum absolute atomic E-state index is 0.0299. The molecule has 2 aliphatic rings. The van der Waals surface area contributed by atoms with Crippen molar-refractivity contribution in [3.63, 3.8) is 0 Å². The highest BCUT2D eigenvalue weighted by atomic mass is 16.5. The van der Waals surface area contributed by atoms with Gasteiger partial charge in [0.25, 0.3) is 0 Å². The molecule has 1 N–H and O–H groups in total. The van der Waals surface area contributed by atoms with E-state index in [0.717, 1.165) is 26.1 Å². The van der Waals surface area contributed by atoms with Gasteiger partial charge in [-0.3, -0.25) is 9.59 Å². The number of ether oxygens (including phenoxy) is 1. The maximum absolute atomic E-state index is 12.7. The van der Waals surface area contributed by atoms with Gasteiger partial charge in [-0.05, 0) is 38.5 Å². The Bertz CT molecular complexity index is 387. The van der Waals surface area contributed by atoms with Gasteiger partial charge in [-0.25, -0.2) is 0 Å². The Labute approximate surface area is 121 Å². The molecule has 20 heavy (non-hydrogen) atoms. The molecule has 0 aromatic heterocycles. The van der Waals surface area contributed by atoms with Crippen molar-refractivity contribution in [3.8, 4) is 0 Å². The van der Waals surface area contributed by atoms with Crippen LogP contribution in [0, 0.1) is 11.8 Å². The van der Waals surface area contributed by atoms with E-state index in [2.05, 4.69) is 5.32 Å². The molecule has 0 aromatic carbocycles. The first-order valence-electron chi connectivity index (χ1n) is 7.54. The quantitative estimate of drug-likeness (QED) is 0.845. The summed E-state index contributed by atoms with van der Waals surface area (Å²) in [5, 5.41) is 2.85. The van der Waals surface area contributed by atoms with Crippen molar-refractivity contribution < 1.29 is 14.3 Å². The van der Waals surface area contributed by atoms with Gasteiger partial charge in [0.05, 0.1) is 0 Å². The second kappa shape index (κ2) is 5.72. The van der Waals surface area contributed by atoms with E-state index in [4.69, 9.17) is 4.74 Å². The molecule has 0 spiro atoms. The minimum Gasteiger partial charge on any atom is -0.381 e. The number of carbonyl (C=O) groups excluding carboxylic acids is 2. The van der Waals surface area contributed by atoms with Gasteiger partial charge in [-0.1, -0.05) is 13.8 Å². The van der Waals surface area contributed by atoms with Gasteiger partial charge in [-0.15, -0.1) is 0 Å². The van der Waals surface area contributed by atoms with E-state index in [1.165, 1.54) is 0 Å². The van der Waals surface area contributed by atoms with Gasteiger partial charge < -0.3 is 15.0 Å². The molecular formula is C15H26N2O3. The molecule has 0 radical (unpaired) electrons. The Morgan fingerprint density at radius 1 is 1.30 bits per heavy atom. The first-order valence-corrected chi connectivity index (χ1v) is 7.54. The zero-order valence-electron chi connectivity index (χ0n) is 12.9. The summed E-state index contributed by atoms with van der Waals surface area (Å²) in [6, 6.07) is -0.349. The van der Waals surface area contributed by atoms with Gasteiger partial charge in [0.2, 0.25) is 11.8 Å². The van der Waals surface area contributed by atoms with Gasteiger partial charge in [0.1, 0.15) is 11.6 Å². The van der Waals surface area contributed by atoms with Crippen molar-refractivity contribution in [1.29, 1.82) is 0 Å². The van der Waals surface area contributed by atoms with Crippen LogP contribution in [0.2, 0.25) is 0 Å². The van der Waals surface area contributed by atoms with Gasteiger partial charge >= 0.3 is 0 Å². The highest BCUT2D eigenvalue weighted by Gasteiger charge is 2.46. The number of hydrogen-bond acceptors (Lipinski definition) is 3. The van der Waals surface area contributed by atoms with Crippen molar-refractivity contribution in [1.82, 2.24) is 10.2 Å². The molecule has 1 atom stereocenters. The Morgan fingerprint density at radius 2 is 1.90 bits per heavy atom. The Balaban J connectivity index is 2.18. The standard InChI is InChI=1S/C15H26N2O3/c1-10(2)12-13(18)16-15(3,4)14(19)17(12)9-11-5-7-20-8-6-11/h10-12H,5-9H2,1-4H3,(H,16,18). The molecule has 2 fully saturated rings. The summed E-state index contributed by atoms with van der Waals surface area (Å²) in [5.74, 6) is 0.560. The summed E-state index contributed by atoms with van der Waals surface area (Å²) >= 11 is 0. The number of nitrogens with one attached hydrogen (secondary N) is 1. The summed E-state index contributed by atoms with van der Waals surface area (Å²) < 4.78 is 5.37. The molecule has 0 bridgehead atoms. The number of amides is 2. The highest BCUT2D eigenvalue weighted by Crippen LogP contribution is 2.26. The topological polar surface area (TPSA) is 58.6 Å². The van der Waals surface area contributed by atoms with Crippen molar-refractivity contribution in [2.75, 3.05) is 19.8 Å². The normalized spacial score (nSPS) is 27.9. The van der Waals surface area contributed by atoms with E-state index in [1.54, 1.807) is 18.7 Å². The summed E-state index contributed by atoms with van der Waals surface area (Å²) in [6.45, 7) is 9.73. The number of nitrogens with zero attached hydrogens (tertiary/aromatic N) is 1. The van der Waals surface area contributed by atoms with Crippen LogP contribution in [0.15, 0.2) is 0 Å². The third-order valence-electron chi connectivity index (χ3n) is 4.26. The molecule has 114 valence electrons. The van der Waals surface area contributed by atoms with Crippen molar-refractivity contribution in [2.24, 2.45) is 11.8 Å². The monoisotopic (exact) mass is 282 g/mol. The molecule has 2 aliphatic heterocycles. The molecule has 1 unspecified atom stereocenters. The lowest BCUT2D eigenvalue weighted by Crippen LogP contribution is -2.69. The van der Waals surface area contributed by atoms with Crippen LogP contribution in [0.3, 0.4) is 0 Å². The summed E-state index contributed by atoms with van der Waals surface area (Å²) in [7, 11) is 0. The molecule has 0 saturated carbocycles. The number of carbonyl (C=O) groups is 2. The largest absolute Gasteiger partial charge is 0.381 e. The zero-order chi connectivity index (χ0) is 14.9. The van der Waals surface area contributed by atoms with E-state index in [0.29, 0.717) is 12.5 Å². The Morgan fingerprint density at radius 3 is 2.45 bits per heavy atom. The molecule has 2 heterocycles. The summed E-state index contributed by atoms with van der Waals surface area (Å²) in [4.78, 5) is 26.8. The Hall–Kier alpha value is -1.10. The van der Waals surface area contributed by atoms with Gasteiger partial charge in [-0.2, -0.15) is 0 Å². The average molecular weight is 282 g/mol. The highest BCUT2D eigenvalue weighted by molar-refractivity contribution is 5.99. The maximum Gasteiger partial charge on any atom is 0.248 e. The van der Waals surface area contributed by atoms with E-state index in [9.17, 15) is 9.59 Å². The SMILES string of the molecule is CC(C)C1C(=O)NC(C)(C)C(=O)N1CC1CCOCC1. The lowest BCUT2D eigenvalue weighted by molar-refractivity contribution is -0.156. The maximum atomic E-state index is 12.7. The van der Waals surface area contributed by atoms with E-state index in [-0.39, 0.29) is 23.8 Å². The van der Waals surface area contributed by atoms with Crippen LogP contribution in [0.1, 0.15) is 40.5 Å². The van der Waals surface area contributed by atoms with Gasteiger partial charge in [0, 0.05) is 19.8 Å². The van der Waals surface area contributed by atoms with Crippen LogP contribution in [0.4, 0.5) is 0 Å². The smallest absolute Gasteiger partial charge is 0.248 e. The molecule has 5 heteroatoms. The van der Waals surface area contributed by atoms with Crippen molar-refractivity contribution in [3.05, 3.63) is 0 Å². The van der Waals surface area contributed by atoms with Gasteiger partial charge in [0.15, 0.2) is 0 Å². The van der Waals surface area contributed by atoms with Crippen LogP contribution in [-0.2, 0) is 14.3 Å². The fraction of sp³-hybridized carbons (Fsp3) is 0.867. The first-order chi connectivity index (χ1) is 9.33. The molecule has 5 nitrogen and oxygen atoms in total. The predicted molar refractivity (Wildman–Crippen MR) is 76.1 cm³/mol. The molecule has 0 aromatic rings. The molecule has 0 aliphatic carbocycles. The van der Waals surface area contributed by atoms with Crippen LogP contribution in [0.25, 0.3) is 0 Å². The van der Waals surface area contributed by atoms with Crippen LogP contribution >= 0.6 is 0 Å². The third kappa shape index (κ3) is 2.97. The number of rotatable bonds is 3. The second-order valence-electron chi connectivity index (χ2n) is 6.82. The van der Waals surface area contributed by atoms with Crippen LogP contribution in [-0.4, -0.2) is 48.1 Å². The number of piperazine rings is 1. The Kier molecular flexibility index (Phi) is 4.37. The molecule has 2 rings (SSSR count). The lowest BCUT2D eigenvalue weighted by atomic mass is 9.89. The minimum atomic E-state index is -0.798. The fourth-order valence-electron chi connectivity index (χ4n) is 3.13. The number of hydrogen-bond donors (Lipinski definition) is 1. The molecule has 2 saturated heterocycles. The van der Waals surface area contributed by atoms with E-state index < -0.39 is 5.54 Å². The van der Waals surface area contributed by atoms with Crippen molar-refractivity contribution in [2.45, 2.75) is 52.1 Å². The summed E-state index contributed by atoms with van der Waals surface area (Å²) in [6.07, 6.45) is 1.94. The lowest BCUT2D eigenvalue weighted by Gasteiger charge is -2.45. The van der Waals surface area contributed by atoms with E-state index >= 15 is 0 Å². The molecular weight excluding hydrogens is 256 g/mol. The van der Waals surface area contributed by atoms with Crippen molar-refractivity contribution >= 4 is 11.8 Å². The second-order valence-corrected chi connectivity index (χ2v) is 6.82. The average Bonchev–Trinajstić information content (AvgIpc) is 2.36. The van der Waals surface area contributed by atoms with Crippen LogP contribution in [0.5, 0.6) is 0 Å². The fourth-order valence-corrected chi connectivity index (χ4v) is 3.13. The predicted octanol–water partition coefficient (Wildman–Crippen LogP) is 1.17. The first kappa shape index (κ1) is 15.3. The third-order valence-corrected chi connectivity index (χ3v) is 4.26. The zero-order valence-corrected chi connectivity index (χ0v) is 12.9. The molecule has 2 amide bonds. The summed E-state index contributed by atoms with van der Waals surface area (Å²) in [5.41, 5.74) is -0.798. The van der Waals surface area contributed by atoms with Crippen LogP contribution < -0.4 is 5.32 Å². The van der Waals surface area contributed by atoms with E-state index in [1.807, 2.05) is 13.8 Å².